The van der Waals surface area contributed by atoms with Crippen molar-refractivity contribution in [2.75, 3.05) is 6.67 Å². The zero-order chi connectivity index (χ0) is 23.4. The Morgan fingerprint density at radius 1 is 1.06 bits per heavy atom. The van der Waals surface area contributed by atoms with E-state index in [1.807, 2.05) is 52.0 Å². The van der Waals surface area contributed by atoms with Crippen LogP contribution in [0.1, 0.15) is 74.0 Å². The van der Waals surface area contributed by atoms with Crippen molar-refractivity contribution in [3.05, 3.63) is 29.8 Å². The van der Waals surface area contributed by atoms with Crippen LogP contribution in [0.15, 0.2) is 24.3 Å². The number of benzene rings is 1. The summed E-state index contributed by atoms with van der Waals surface area (Å²) in [6.45, 7) is 16.1. The van der Waals surface area contributed by atoms with Crippen LogP contribution in [0.25, 0.3) is 0 Å². The molecule has 0 bridgehead atoms. The molecule has 2 fully saturated rings. The van der Waals surface area contributed by atoms with Crippen LogP contribution < -0.4 is 5.46 Å². The van der Waals surface area contributed by atoms with Crippen LogP contribution in [0, 0.1) is 0 Å². The summed E-state index contributed by atoms with van der Waals surface area (Å²) in [5.41, 5.74) is -0.891. The molecule has 0 radical (unpaired) electrons. The van der Waals surface area contributed by atoms with Gasteiger partial charge in [0, 0.05) is 0 Å². The SMILES string of the molecule is CC(C)(C)OC(=O)N1C(CF)C(c2ccc(B3OC(C)(C)C(C)(C)O3)cc2)OC1(C)C. The van der Waals surface area contributed by atoms with Gasteiger partial charge in [0.2, 0.25) is 0 Å². The van der Waals surface area contributed by atoms with E-state index in [0.717, 1.165) is 11.0 Å². The number of halogens is 1. The van der Waals surface area contributed by atoms with E-state index in [9.17, 15) is 9.18 Å². The van der Waals surface area contributed by atoms with Gasteiger partial charge in [0.25, 0.3) is 0 Å². The van der Waals surface area contributed by atoms with Gasteiger partial charge in [-0.25, -0.2) is 9.18 Å². The minimum absolute atomic E-state index is 0.428. The number of alkyl halides is 1. The second kappa shape index (κ2) is 7.75. The highest BCUT2D eigenvalue weighted by Crippen LogP contribution is 2.42. The average Bonchev–Trinajstić information content (AvgIpc) is 3.01. The molecular formula is C23H35BFNO5. The third-order valence-electron chi connectivity index (χ3n) is 6.22. The highest BCUT2D eigenvalue weighted by Gasteiger charge is 2.53. The standard InChI is InChI=1S/C23H35BFNO5/c1-20(2,3)29-19(27)26-17(14-25)18(28-23(26,8)9)15-10-12-16(13-11-15)24-30-21(4,5)22(6,7)31-24/h10-13,17-18H,14H2,1-9H3. The quantitative estimate of drug-likeness (QED) is 0.661. The first-order valence-electron chi connectivity index (χ1n) is 10.8. The maximum Gasteiger partial charge on any atom is 0.494 e. The molecule has 2 aliphatic rings. The Morgan fingerprint density at radius 3 is 2.03 bits per heavy atom. The molecule has 0 N–H and O–H groups in total. The number of hydrogen-bond acceptors (Lipinski definition) is 5. The number of nitrogens with zero attached hydrogens (tertiary/aromatic N) is 1. The Labute approximate surface area is 185 Å². The van der Waals surface area contributed by atoms with Crippen LogP contribution in [0.4, 0.5) is 9.18 Å². The first-order valence-corrected chi connectivity index (χ1v) is 10.8. The van der Waals surface area contributed by atoms with E-state index < -0.39 is 54.6 Å². The number of rotatable bonds is 3. The van der Waals surface area contributed by atoms with Crippen molar-refractivity contribution in [2.24, 2.45) is 0 Å². The molecule has 2 aliphatic heterocycles. The topological polar surface area (TPSA) is 57.2 Å². The summed E-state index contributed by atoms with van der Waals surface area (Å²) in [6.07, 6.45) is -1.20. The van der Waals surface area contributed by atoms with Gasteiger partial charge in [0.15, 0.2) is 0 Å². The molecule has 6 nitrogen and oxygen atoms in total. The third-order valence-corrected chi connectivity index (χ3v) is 6.22. The molecule has 8 heteroatoms. The molecule has 0 aliphatic carbocycles. The van der Waals surface area contributed by atoms with Gasteiger partial charge >= 0.3 is 13.2 Å². The fraction of sp³-hybridized carbons (Fsp3) is 0.696. The van der Waals surface area contributed by atoms with Gasteiger partial charge in [-0.05, 0) is 73.3 Å². The Balaban J connectivity index is 1.82. The zero-order valence-corrected chi connectivity index (χ0v) is 20.1. The van der Waals surface area contributed by atoms with E-state index in [1.165, 1.54) is 4.90 Å². The van der Waals surface area contributed by atoms with Crippen molar-refractivity contribution in [3.8, 4) is 0 Å². The molecule has 31 heavy (non-hydrogen) atoms. The van der Waals surface area contributed by atoms with E-state index in [0.29, 0.717) is 0 Å². The van der Waals surface area contributed by atoms with Gasteiger partial charge in [0.1, 0.15) is 24.1 Å². The first-order chi connectivity index (χ1) is 14.1. The average molecular weight is 435 g/mol. The molecule has 1 amide bonds. The largest absolute Gasteiger partial charge is 0.494 e. The third kappa shape index (κ3) is 4.61. The minimum Gasteiger partial charge on any atom is -0.444 e. The second-order valence-electron chi connectivity index (χ2n) is 10.8. The predicted molar refractivity (Wildman–Crippen MR) is 118 cm³/mol. The molecule has 2 saturated heterocycles. The van der Waals surface area contributed by atoms with Gasteiger partial charge < -0.3 is 18.8 Å². The minimum atomic E-state index is -1.01. The van der Waals surface area contributed by atoms with Gasteiger partial charge in [0.05, 0.1) is 17.2 Å². The zero-order valence-electron chi connectivity index (χ0n) is 20.1. The number of amides is 1. The Kier molecular flexibility index (Phi) is 6.00. The van der Waals surface area contributed by atoms with Crippen LogP contribution in [-0.4, -0.2) is 53.4 Å². The van der Waals surface area contributed by atoms with Crippen molar-refractivity contribution < 1.29 is 28.0 Å². The van der Waals surface area contributed by atoms with Crippen molar-refractivity contribution in [2.45, 2.75) is 97.0 Å². The normalized spacial score (nSPS) is 26.9. The molecule has 2 unspecified atom stereocenters. The van der Waals surface area contributed by atoms with Crippen LogP contribution in [-0.2, 0) is 18.8 Å². The van der Waals surface area contributed by atoms with Gasteiger partial charge in [-0.3, -0.25) is 4.90 Å². The lowest BCUT2D eigenvalue weighted by Gasteiger charge is -2.34. The summed E-state index contributed by atoms with van der Waals surface area (Å²) >= 11 is 0. The number of carbonyl (C=O) groups excluding carboxylic acids is 1. The molecule has 172 valence electrons. The van der Waals surface area contributed by atoms with Crippen LogP contribution in [0.2, 0.25) is 0 Å². The fourth-order valence-electron chi connectivity index (χ4n) is 3.91. The second-order valence-corrected chi connectivity index (χ2v) is 10.8. The summed E-state index contributed by atoms with van der Waals surface area (Å²) < 4.78 is 38.0. The summed E-state index contributed by atoms with van der Waals surface area (Å²) in [4.78, 5) is 14.2. The number of ether oxygens (including phenoxy) is 2. The Morgan fingerprint density at radius 2 is 1.58 bits per heavy atom. The van der Waals surface area contributed by atoms with Gasteiger partial charge in [-0.2, -0.15) is 0 Å². The monoisotopic (exact) mass is 435 g/mol. The number of hydrogen-bond donors (Lipinski definition) is 0. The molecule has 1 aromatic carbocycles. The fourth-order valence-corrected chi connectivity index (χ4v) is 3.91. The van der Waals surface area contributed by atoms with Gasteiger partial charge in [-0.1, -0.05) is 24.3 Å². The maximum absolute atomic E-state index is 14.1. The van der Waals surface area contributed by atoms with Gasteiger partial charge in [-0.15, -0.1) is 0 Å². The van der Waals surface area contributed by atoms with Crippen molar-refractivity contribution in [1.82, 2.24) is 4.90 Å². The summed E-state index contributed by atoms with van der Waals surface area (Å²) in [6, 6.07) is 6.77. The molecular weight excluding hydrogens is 400 g/mol. The lowest BCUT2D eigenvalue weighted by Crippen LogP contribution is -2.50. The summed E-state index contributed by atoms with van der Waals surface area (Å²) in [7, 11) is -0.477. The Hall–Kier alpha value is -1.64. The van der Waals surface area contributed by atoms with E-state index >= 15 is 0 Å². The van der Waals surface area contributed by atoms with Crippen LogP contribution in [0.5, 0.6) is 0 Å². The van der Waals surface area contributed by atoms with E-state index in [2.05, 4.69) is 0 Å². The van der Waals surface area contributed by atoms with E-state index in [4.69, 9.17) is 18.8 Å². The molecule has 0 saturated carbocycles. The van der Waals surface area contributed by atoms with Crippen LogP contribution >= 0.6 is 0 Å². The van der Waals surface area contributed by atoms with Crippen molar-refractivity contribution >= 4 is 18.7 Å². The van der Waals surface area contributed by atoms with E-state index in [-0.39, 0.29) is 0 Å². The molecule has 3 rings (SSSR count). The van der Waals surface area contributed by atoms with E-state index in [1.54, 1.807) is 34.6 Å². The lowest BCUT2D eigenvalue weighted by atomic mass is 9.78. The highest BCUT2D eigenvalue weighted by molar-refractivity contribution is 6.62. The molecule has 2 atom stereocenters. The predicted octanol–water partition coefficient (Wildman–Crippen LogP) is 4.37. The van der Waals surface area contributed by atoms with Crippen molar-refractivity contribution in [3.63, 3.8) is 0 Å². The van der Waals surface area contributed by atoms with Crippen molar-refractivity contribution in [1.29, 1.82) is 0 Å². The first kappa shape index (κ1) is 24.0. The molecule has 1 aromatic rings. The summed E-state index contributed by atoms with van der Waals surface area (Å²) in [5, 5.41) is 0. The molecule has 0 aromatic heterocycles. The highest BCUT2D eigenvalue weighted by atomic mass is 19.1. The molecule has 2 heterocycles. The lowest BCUT2D eigenvalue weighted by molar-refractivity contribution is -0.0797. The van der Waals surface area contributed by atoms with Crippen LogP contribution in [0.3, 0.4) is 0 Å². The summed E-state index contributed by atoms with van der Waals surface area (Å²) in [5.74, 6) is 0. The molecule has 0 spiro atoms. The Bertz CT molecular complexity index is 802. The smallest absolute Gasteiger partial charge is 0.444 e. The number of carbonyl (C=O) groups is 1. The maximum atomic E-state index is 14.1.